The van der Waals surface area contributed by atoms with Crippen LogP contribution in [0.2, 0.25) is 0 Å². The number of rotatable bonds is 8. The highest BCUT2D eigenvalue weighted by molar-refractivity contribution is 7.86. The van der Waals surface area contributed by atoms with Gasteiger partial charge in [-0.2, -0.15) is 0 Å². The Balaban J connectivity index is 3.87. The standard InChI is InChI=1S/C11H24N2O2S/c1-4-5-7-13-11(14)10(3)16(15)8-6-9(2)12/h9-10H,4-8,12H2,1-3H3,(H,13,14). The number of unbranched alkanes of at least 4 members (excludes halogenated alkanes) is 1. The largest absolute Gasteiger partial charge is 0.355 e. The van der Waals surface area contributed by atoms with Crippen LogP contribution >= 0.6 is 0 Å². The minimum absolute atomic E-state index is 0.0410. The van der Waals surface area contributed by atoms with Crippen LogP contribution in [0.15, 0.2) is 0 Å². The van der Waals surface area contributed by atoms with Gasteiger partial charge in [0.15, 0.2) is 0 Å². The summed E-state index contributed by atoms with van der Waals surface area (Å²) >= 11 is 0. The lowest BCUT2D eigenvalue weighted by molar-refractivity contribution is -0.120. The van der Waals surface area contributed by atoms with Crippen molar-refractivity contribution in [2.45, 2.75) is 51.3 Å². The number of nitrogens with one attached hydrogen (secondary N) is 1. The zero-order valence-electron chi connectivity index (χ0n) is 10.5. The van der Waals surface area contributed by atoms with Gasteiger partial charge in [-0.1, -0.05) is 13.3 Å². The molecule has 0 saturated heterocycles. The first-order chi connectivity index (χ1) is 7.49. The summed E-state index contributed by atoms with van der Waals surface area (Å²) in [5, 5.41) is 2.35. The molecule has 0 fully saturated rings. The Morgan fingerprint density at radius 1 is 1.44 bits per heavy atom. The van der Waals surface area contributed by atoms with E-state index in [1.165, 1.54) is 0 Å². The van der Waals surface area contributed by atoms with Crippen LogP contribution in [0, 0.1) is 0 Å². The predicted octanol–water partition coefficient (Wildman–Crippen LogP) is 0.777. The number of hydrogen-bond donors (Lipinski definition) is 2. The fourth-order valence-electron chi connectivity index (χ4n) is 1.13. The molecule has 96 valence electrons. The molecule has 0 aliphatic heterocycles. The third-order valence-electron chi connectivity index (χ3n) is 2.37. The molecule has 4 nitrogen and oxygen atoms in total. The third-order valence-corrected chi connectivity index (χ3v) is 4.01. The molecule has 0 heterocycles. The smallest absolute Gasteiger partial charge is 0.235 e. The van der Waals surface area contributed by atoms with E-state index in [1.807, 2.05) is 6.92 Å². The van der Waals surface area contributed by atoms with Crippen molar-refractivity contribution in [2.75, 3.05) is 12.3 Å². The second-order valence-corrected chi connectivity index (χ2v) is 6.01. The summed E-state index contributed by atoms with van der Waals surface area (Å²) in [7, 11) is -1.11. The van der Waals surface area contributed by atoms with Crippen LogP contribution in [0.5, 0.6) is 0 Å². The third kappa shape index (κ3) is 6.95. The van der Waals surface area contributed by atoms with E-state index in [2.05, 4.69) is 12.2 Å². The van der Waals surface area contributed by atoms with Crippen LogP contribution in [0.25, 0.3) is 0 Å². The van der Waals surface area contributed by atoms with Gasteiger partial charge in [-0.3, -0.25) is 9.00 Å². The monoisotopic (exact) mass is 248 g/mol. The van der Waals surface area contributed by atoms with Crippen LogP contribution in [0.1, 0.15) is 40.0 Å². The lowest BCUT2D eigenvalue weighted by Gasteiger charge is -2.12. The van der Waals surface area contributed by atoms with Crippen molar-refractivity contribution in [3.05, 3.63) is 0 Å². The van der Waals surface area contributed by atoms with Crippen molar-refractivity contribution in [1.82, 2.24) is 5.32 Å². The predicted molar refractivity (Wildman–Crippen MR) is 68.7 cm³/mol. The van der Waals surface area contributed by atoms with Gasteiger partial charge in [0.05, 0.1) is 0 Å². The molecule has 0 aromatic carbocycles. The second-order valence-electron chi connectivity index (χ2n) is 4.14. The number of hydrogen-bond acceptors (Lipinski definition) is 3. The SMILES string of the molecule is CCCCNC(=O)C(C)S(=O)CCC(C)N. The molecule has 0 aliphatic carbocycles. The summed E-state index contributed by atoms with van der Waals surface area (Å²) in [5.74, 6) is 0.386. The molecule has 1 amide bonds. The first-order valence-corrected chi connectivity index (χ1v) is 7.27. The van der Waals surface area contributed by atoms with E-state index in [-0.39, 0.29) is 11.9 Å². The summed E-state index contributed by atoms with van der Waals surface area (Å²) in [4.78, 5) is 11.6. The first-order valence-electron chi connectivity index (χ1n) is 5.89. The summed E-state index contributed by atoms with van der Waals surface area (Å²) in [5.41, 5.74) is 5.58. The fourth-order valence-corrected chi connectivity index (χ4v) is 2.41. The molecule has 0 spiro atoms. The Labute approximate surface area is 101 Å². The van der Waals surface area contributed by atoms with Crippen LogP contribution in [0.4, 0.5) is 0 Å². The normalized spacial score (nSPS) is 16.5. The van der Waals surface area contributed by atoms with E-state index in [1.54, 1.807) is 6.92 Å². The Bertz CT molecular complexity index is 232. The molecule has 16 heavy (non-hydrogen) atoms. The van der Waals surface area contributed by atoms with E-state index >= 15 is 0 Å². The Hall–Kier alpha value is -0.420. The lowest BCUT2D eigenvalue weighted by atomic mass is 10.3. The van der Waals surface area contributed by atoms with Crippen LogP contribution in [0.3, 0.4) is 0 Å². The van der Waals surface area contributed by atoms with Crippen molar-refractivity contribution in [2.24, 2.45) is 5.73 Å². The molecular weight excluding hydrogens is 224 g/mol. The zero-order valence-corrected chi connectivity index (χ0v) is 11.3. The van der Waals surface area contributed by atoms with E-state index in [0.29, 0.717) is 18.7 Å². The van der Waals surface area contributed by atoms with Gasteiger partial charge in [-0.05, 0) is 26.7 Å². The zero-order chi connectivity index (χ0) is 12.6. The highest BCUT2D eigenvalue weighted by Crippen LogP contribution is 2.00. The van der Waals surface area contributed by atoms with Gasteiger partial charge in [0, 0.05) is 29.1 Å². The van der Waals surface area contributed by atoms with E-state index < -0.39 is 16.0 Å². The molecule has 0 aliphatic rings. The maximum Gasteiger partial charge on any atom is 0.235 e. The molecular formula is C11H24N2O2S. The van der Waals surface area contributed by atoms with Crippen LogP contribution < -0.4 is 11.1 Å². The Morgan fingerprint density at radius 2 is 2.06 bits per heavy atom. The molecule has 0 aromatic rings. The van der Waals surface area contributed by atoms with Crippen LogP contribution in [-0.4, -0.2) is 33.7 Å². The van der Waals surface area contributed by atoms with E-state index in [4.69, 9.17) is 5.73 Å². The average molecular weight is 248 g/mol. The van der Waals surface area contributed by atoms with E-state index in [9.17, 15) is 9.00 Å². The summed E-state index contributed by atoms with van der Waals surface area (Å²) in [6.45, 7) is 6.32. The number of carbonyl (C=O) groups is 1. The molecule has 0 bridgehead atoms. The van der Waals surface area contributed by atoms with Crippen molar-refractivity contribution >= 4 is 16.7 Å². The number of nitrogens with two attached hydrogens (primary N) is 1. The van der Waals surface area contributed by atoms with Gasteiger partial charge in [0.2, 0.25) is 5.91 Å². The first kappa shape index (κ1) is 15.6. The Morgan fingerprint density at radius 3 is 2.56 bits per heavy atom. The molecule has 0 radical (unpaired) electrons. The number of amides is 1. The molecule has 3 atom stereocenters. The van der Waals surface area contributed by atoms with Gasteiger partial charge >= 0.3 is 0 Å². The fraction of sp³-hybridized carbons (Fsp3) is 0.909. The quantitative estimate of drug-likeness (QED) is 0.623. The molecule has 0 aromatic heterocycles. The molecule has 3 unspecified atom stereocenters. The minimum atomic E-state index is -1.11. The van der Waals surface area contributed by atoms with Gasteiger partial charge in [-0.15, -0.1) is 0 Å². The summed E-state index contributed by atoms with van der Waals surface area (Å²) < 4.78 is 11.7. The molecule has 0 saturated carbocycles. The van der Waals surface area contributed by atoms with Gasteiger partial charge in [0.1, 0.15) is 5.25 Å². The highest BCUT2D eigenvalue weighted by atomic mass is 32.2. The van der Waals surface area contributed by atoms with Crippen molar-refractivity contribution in [3.8, 4) is 0 Å². The maximum atomic E-state index is 11.7. The average Bonchev–Trinajstić information content (AvgIpc) is 2.24. The lowest BCUT2D eigenvalue weighted by Crippen LogP contribution is -2.37. The van der Waals surface area contributed by atoms with Crippen molar-refractivity contribution in [3.63, 3.8) is 0 Å². The number of carbonyl (C=O) groups excluding carboxylic acids is 1. The van der Waals surface area contributed by atoms with Gasteiger partial charge < -0.3 is 11.1 Å². The Kier molecular flexibility index (Phi) is 8.47. The summed E-state index contributed by atoms with van der Waals surface area (Å²) in [6, 6.07) is 0.0410. The van der Waals surface area contributed by atoms with Crippen molar-refractivity contribution < 1.29 is 9.00 Å². The van der Waals surface area contributed by atoms with E-state index in [0.717, 1.165) is 12.8 Å². The van der Waals surface area contributed by atoms with Gasteiger partial charge in [-0.25, -0.2) is 0 Å². The second kappa shape index (κ2) is 8.70. The molecule has 0 rings (SSSR count). The van der Waals surface area contributed by atoms with Crippen LogP contribution in [-0.2, 0) is 15.6 Å². The highest BCUT2D eigenvalue weighted by Gasteiger charge is 2.19. The minimum Gasteiger partial charge on any atom is -0.355 e. The van der Waals surface area contributed by atoms with Crippen molar-refractivity contribution in [1.29, 1.82) is 0 Å². The summed E-state index contributed by atoms with van der Waals surface area (Å²) in [6.07, 6.45) is 2.70. The topological polar surface area (TPSA) is 72.2 Å². The maximum absolute atomic E-state index is 11.7. The van der Waals surface area contributed by atoms with Gasteiger partial charge in [0.25, 0.3) is 0 Å². The molecule has 3 N–H and O–H groups in total. The molecule has 5 heteroatoms.